The molecule has 0 atom stereocenters. The van der Waals surface area contributed by atoms with Crippen molar-refractivity contribution in [1.82, 2.24) is 5.32 Å². The van der Waals surface area contributed by atoms with Crippen molar-refractivity contribution in [3.63, 3.8) is 0 Å². The second-order valence-corrected chi connectivity index (χ2v) is 5.38. The molecular weight excluding hydrogens is 346 g/mol. The third kappa shape index (κ3) is 4.25. The van der Waals surface area contributed by atoms with Gasteiger partial charge in [-0.3, -0.25) is 0 Å². The smallest absolute Gasteiger partial charge is 0.171 e. The highest BCUT2D eigenvalue weighted by Crippen LogP contribution is 2.19. The normalized spacial score (nSPS) is 10.2. The summed E-state index contributed by atoms with van der Waals surface area (Å²) in [6, 6.07) is 10.7. The summed E-state index contributed by atoms with van der Waals surface area (Å²) in [6.45, 7) is 0.435. The van der Waals surface area contributed by atoms with Crippen molar-refractivity contribution < 1.29 is 8.78 Å². The fourth-order valence-electron chi connectivity index (χ4n) is 1.54. The number of anilines is 1. The Labute approximate surface area is 129 Å². The minimum absolute atomic E-state index is 0.286. The van der Waals surface area contributed by atoms with Crippen molar-refractivity contribution in [2.75, 3.05) is 5.32 Å². The molecule has 0 saturated carbocycles. The quantitative estimate of drug-likeness (QED) is 0.805. The highest BCUT2D eigenvalue weighted by molar-refractivity contribution is 9.10. The monoisotopic (exact) mass is 356 g/mol. The molecule has 0 aliphatic heterocycles. The minimum Gasteiger partial charge on any atom is -0.358 e. The molecule has 0 radical (unpaired) electrons. The maximum atomic E-state index is 13.6. The molecule has 0 bridgehead atoms. The van der Waals surface area contributed by atoms with Gasteiger partial charge in [-0.25, -0.2) is 8.78 Å². The number of benzene rings is 2. The Kier molecular flexibility index (Phi) is 5.03. The van der Waals surface area contributed by atoms with Crippen LogP contribution in [0.4, 0.5) is 14.5 Å². The van der Waals surface area contributed by atoms with E-state index in [1.807, 2.05) is 0 Å². The van der Waals surface area contributed by atoms with Crippen LogP contribution in [0.25, 0.3) is 0 Å². The van der Waals surface area contributed by atoms with E-state index in [9.17, 15) is 8.78 Å². The molecule has 2 rings (SSSR count). The maximum Gasteiger partial charge on any atom is 0.171 e. The van der Waals surface area contributed by atoms with Crippen LogP contribution in [-0.4, -0.2) is 5.11 Å². The van der Waals surface area contributed by atoms with E-state index in [0.29, 0.717) is 21.8 Å². The van der Waals surface area contributed by atoms with Gasteiger partial charge in [0.15, 0.2) is 5.11 Å². The second-order valence-electron chi connectivity index (χ2n) is 4.06. The molecule has 2 aromatic carbocycles. The average Bonchev–Trinajstić information content (AvgIpc) is 2.41. The van der Waals surface area contributed by atoms with E-state index in [2.05, 4.69) is 26.6 Å². The van der Waals surface area contributed by atoms with E-state index in [0.717, 1.165) is 5.56 Å². The lowest BCUT2D eigenvalue weighted by Gasteiger charge is -2.11. The van der Waals surface area contributed by atoms with E-state index in [-0.39, 0.29) is 5.82 Å². The SMILES string of the molecule is Fc1ccc(CNC(=S)Nc2ccc(Br)cc2F)cc1. The average molecular weight is 357 g/mol. The van der Waals surface area contributed by atoms with Gasteiger partial charge in [0, 0.05) is 11.0 Å². The van der Waals surface area contributed by atoms with Gasteiger partial charge in [0.2, 0.25) is 0 Å². The van der Waals surface area contributed by atoms with Crippen LogP contribution < -0.4 is 10.6 Å². The van der Waals surface area contributed by atoms with Gasteiger partial charge in [0.25, 0.3) is 0 Å². The largest absolute Gasteiger partial charge is 0.358 e. The van der Waals surface area contributed by atoms with Crippen molar-refractivity contribution in [1.29, 1.82) is 0 Å². The van der Waals surface area contributed by atoms with Gasteiger partial charge < -0.3 is 10.6 Å². The zero-order valence-corrected chi connectivity index (χ0v) is 12.7. The highest BCUT2D eigenvalue weighted by Gasteiger charge is 2.04. The molecule has 0 aliphatic carbocycles. The molecule has 6 heteroatoms. The lowest BCUT2D eigenvalue weighted by molar-refractivity contribution is 0.626. The molecule has 0 aromatic heterocycles. The highest BCUT2D eigenvalue weighted by atomic mass is 79.9. The van der Waals surface area contributed by atoms with Crippen LogP contribution in [-0.2, 0) is 6.54 Å². The lowest BCUT2D eigenvalue weighted by atomic mass is 10.2. The lowest BCUT2D eigenvalue weighted by Crippen LogP contribution is -2.28. The van der Waals surface area contributed by atoms with Gasteiger partial charge in [-0.15, -0.1) is 0 Å². The van der Waals surface area contributed by atoms with Crippen LogP contribution in [0.15, 0.2) is 46.9 Å². The van der Waals surface area contributed by atoms with Crippen LogP contribution >= 0.6 is 28.1 Å². The molecule has 0 fully saturated rings. The van der Waals surface area contributed by atoms with Crippen molar-refractivity contribution in [3.8, 4) is 0 Å². The molecule has 0 saturated heterocycles. The zero-order valence-electron chi connectivity index (χ0n) is 10.3. The Morgan fingerprint density at radius 2 is 1.80 bits per heavy atom. The first-order valence-corrected chi connectivity index (χ1v) is 6.99. The van der Waals surface area contributed by atoms with Crippen molar-refractivity contribution >= 4 is 38.9 Å². The Bertz CT molecular complexity index is 617. The van der Waals surface area contributed by atoms with Gasteiger partial charge in [-0.2, -0.15) is 0 Å². The third-order valence-electron chi connectivity index (χ3n) is 2.55. The van der Waals surface area contributed by atoms with Gasteiger partial charge in [-0.1, -0.05) is 28.1 Å². The number of thiocarbonyl (C=S) groups is 1. The standard InChI is InChI=1S/C14H11BrF2N2S/c15-10-3-6-13(12(17)7-10)19-14(20)18-8-9-1-4-11(16)5-2-9/h1-7H,8H2,(H2,18,19,20). The summed E-state index contributed by atoms with van der Waals surface area (Å²) in [5.41, 5.74) is 1.18. The zero-order chi connectivity index (χ0) is 14.5. The minimum atomic E-state index is -0.398. The molecule has 2 nitrogen and oxygen atoms in total. The Hall–Kier alpha value is -1.53. The molecule has 0 unspecified atom stereocenters. The summed E-state index contributed by atoms with van der Waals surface area (Å²) in [7, 11) is 0. The first-order valence-electron chi connectivity index (χ1n) is 5.79. The summed E-state index contributed by atoms with van der Waals surface area (Å²) in [6.07, 6.45) is 0. The van der Waals surface area contributed by atoms with E-state index in [1.165, 1.54) is 18.2 Å². The van der Waals surface area contributed by atoms with E-state index < -0.39 is 5.82 Å². The van der Waals surface area contributed by atoms with E-state index in [1.54, 1.807) is 24.3 Å². The predicted octanol–water partition coefficient (Wildman–Crippen LogP) is 4.21. The van der Waals surface area contributed by atoms with E-state index >= 15 is 0 Å². The van der Waals surface area contributed by atoms with Gasteiger partial charge in [-0.05, 0) is 48.1 Å². The summed E-state index contributed by atoms with van der Waals surface area (Å²) < 4.78 is 27.0. The Morgan fingerprint density at radius 1 is 1.10 bits per heavy atom. The van der Waals surface area contributed by atoms with Gasteiger partial charge in [0.05, 0.1) is 5.69 Å². The van der Waals surface area contributed by atoms with Crippen LogP contribution in [0.2, 0.25) is 0 Å². The molecule has 0 aliphatic rings. The van der Waals surface area contributed by atoms with E-state index in [4.69, 9.17) is 12.2 Å². The van der Waals surface area contributed by atoms with Crippen LogP contribution in [0, 0.1) is 11.6 Å². The maximum absolute atomic E-state index is 13.6. The number of halogens is 3. The molecular formula is C14H11BrF2N2S. The first kappa shape index (κ1) is 14.9. The molecule has 0 heterocycles. The van der Waals surface area contributed by atoms with Crippen molar-refractivity contribution in [2.24, 2.45) is 0 Å². The van der Waals surface area contributed by atoms with Crippen LogP contribution in [0.1, 0.15) is 5.56 Å². The molecule has 104 valence electrons. The van der Waals surface area contributed by atoms with Crippen molar-refractivity contribution in [2.45, 2.75) is 6.54 Å². The predicted molar refractivity (Wildman–Crippen MR) is 83.6 cm³/mol. The summed E-state index contributed by atoms with van der Waals surface area (Å²) in [5, 5.41) is 6.00. The summed E-state index contributed by atoms with van der Waals surface area (Å²) in [5.74, 6) is -0.684. The van der Waals surface area contributed by atoms with Gasteiger partial charge in [0.1, 0.15) is 11.6 Å². The molecule has 20 heavy (non-hydrogen) atoms. The number of hydrogen-bond donors (Lipinski definition) is 2. The molecule has 2 N–H and O–H groups in total. The van der Waals surface area contributed by atoms with Gasteiger partial charge >= 0.3 is 0 Å². The number of rotatable bonds is 3. The number of hydrogen-bond acceptors (Lipinski definition) is 1. The summed E-state index contributed by atoms with van der Waals surface area (Å²) in [4.78, 5) is 0. The topological polar surface area (TPSA) is 24.1 Å². The Balaban J connectivity index is 1.90. The third-order valence-corrected chi connectivity index (χ3v) is 3.29. The molecule has 0 spiro atoms. The van der Waals surface area contributed by atoms with Crippen molar-refractivity contribution in [3.05, 3.63) is 64.1 Å². The summed E-state index contributed by atoms with van der Waals surface area (Å²) >= 11 is 8.26. The van der Waals surface area contributed by atoms with Crippen LogP contribution in [0.5, 0.6) is 0 Å². The number of nitrogens with one attached hydrogen (secondary N) is 2. The second kappa shape index (κ2) is 6.76. The molecule has 0 amide bonds. The fraction of sp³-hybridized carbons (Fsp3) is 0.0714. The molecule has 2 aromatic rings. The first-order chi connectivity index (χ1) is 9.54. The Morgan fingerprint density at radius 3 is 2.45 bits per heavy atom. The van der Waals surface area contributed by atoms with Crippen LogP contribution in [0.3, 0.4) is 0 Å². The fourth-order valence-corrected chi connectivity index (χ4v) is 2.06.